The summed E-state index contributed by atoms with van der Waals surface area (Å²) in [6.45, 7) is 6.25. The van der Waals surface area contributed by atoms with Gasteiger partial charge in [0.2, 0.25) is 6.10 Å². The summed E-state index contributed by atoms with van der Waals surface area (Å²) in [5.41, 5.74) is 1.58. The van der Waals surface area contributed by atoms with Crippen molar-refractivity contribution < 1.29 is 18.7 Å². The van der Waals surface area contributed by atoms with Crippen molar-refractivity contribution in [2.45, 2.75) is 20.0 Å². The number of fused-ring (bicyclic) bond motifs is 1. The van der Waals surface area contributed by atoms with Gasteiger partial charge in [0, 0.05) is 24.3 Å². The van der Waals surface area contributed by atoms with Crippen molar-refractivity contribution in [3.8, 4) is 11.5 Å². The van der Waals surface area contributed by atoms with Crippen LogP contribution in [-0.2, 0) is 0 Å². The van der Waals surface area contributed by atoms with Crippen LogP contribution in [0.4, 0.5) is 11.7 Å². The summed E-state index contributed by atoms with van der Waals surface area (Å²) < 4.78 is 17.1. The Labute approximate surface area is 168 Å². The fraction of sp³-hybridized carbons (Fsp3) is 0.286. The molecule has 1 N–H and O–H groups in total. The van der Waals surface area contributed by atoms with E-state index in [-0.39, 0.29) is 24.4 Å². The van der Waals surface area contributed by atoms with Crippen molar-refractivity contribution >= 4 is 17.6 Å². The number of anilines is 2. The van der Waals surface area contributed by atoms with Crippen LogP contribution in [0.5, 0.6) is 11.5 Å². The van der Waals surface area contributed by atoms with E-state index in [1.54, 1.807) is 12.1 Å². The van der Waals surface area contributed by atoms with Crippen molar-refractivity contribution in [3.63, 3.8) is 0 Å². The van der Waals surface area contributed by atoms with Gasteiger partial charge in [-0.15, -0.1) is 5.10 Å². The van der Waals surface area contributed by atoms with Crippen LogP contribution in [0.15, 0.2) is 52.9 Å². The first kappa shape index (κ1) is 18.8. The lowest BCUT2D eigenvalue weighted by molar-refractivity contribution is 0.0716. The predicted molar refractivity (Wildman–Crippen MR) is 108 cm³/mol. The molecule has 3 aromatic rings. The van der Waals surface area contributed by atoms with Crippen LogP contribution >= 0.6 is 0 Å². The Balaban J connectivity index is 1.41. The number of hydrogen-bond acceptors (Lipinski definition) is 7. The van der Waals surface area contributed by atoms with Gasteiger partial charge in [-0.2, -0.15) is 0 Å². The maximum Gasteiger partial charge on any atom is 0.322 e. The van der Waals surface area contributed by atoms with E-state index >= 15 is 0 Å². The van der Waals surface area contributed by atoms with E-state index in [0.717, 1.165) is 18.8 Å². The minimum atomic E-state index is -0.531. The molecule has 0 saturated heterocycles. The number of carbonyl (C=O) groups is 1. The lowest BCUT2D eigenvalue weighted by Crippen LogP contribution is -2.22. The normalized spacial score (nSPS) is 15.0. The van der Waals surface area contributed by atoms with Gasteiger partial charge in [0.25, 0.3) is 11.8 Å². The molecular weight excluding hydrogens is 372 g/mol. The number of para-hydroxylation sites is 2. The molecule has 2 heterocycles. The van der Waals surface area contributed by atoms with Gasteiger partial charge in [-0.05, 0) is 50.2 Å². The van der Waals surface area contributed by atoms with Crippen LogP contribution in [0.25, 0.3) is 0 Å². The minimum Gasteiger partial charge on any atom is -0.485 e. The average molecular weight is 394 g/mol. The van der Waals surface area contributed by atoms with Gasteiger partial charge < -0.3 is 18.8 Å². The molecule has 0 aliphatic carbocycles. The number of benzene rings is 2. The molecule has 0 saturated carbocycles. The minimum absolute atomic E-state index is 0.0141. The quantitative estimate of drug-likeness (QED) is 0.682. The molecule has 0 bridgehead atoms. The Morgan fingerprint density at radius 2 is 1.79 bits per heavy atom. The van der Waals surface area contributed by atoms with E-state index in [2.05, 4.69) is 34.3 Å². The van der Waals surface area contributed by atoms with E-state index < -0.39 is 6.10 Å². The molecule has 2 aromatic carbocycles. The van der Waals surface area contributed by atoms with Crippen LogP contribution in [0, 0.1) is 0 Å². The summed E-state index contributed by atoms with van der Waals surface area (Å²) in [7, 11) is 0. The molecule has 0 fully saturated rings. The van der Waals surface area contributed by atoms with Crippen LogP contribution < -0.4 is 19.7 Å². The molecule has 29 heavy (non-hydrogen) atoms. The van der Waals surface area contributed by atoms with Gasteiger partial charge in [-0.3, -0.25) is 10.1 Å². The molecular formula is C21H22N4O4. The molecule has 1 amide bonds. The average Bonchev–Trinajstić information content (AvgIpc) is 3.23. The zero-order valence-corrected chi connectivity index (χ0v) is 16.3. The van der Waals surface area contributed by atoms with E-state index in [4.69, 9.17) is 13.9 Å². The van der Waals surface area contributed by atoms with E-state index in [0.29, 0.717) is 17.1 Å². The van der Waals surface area contributed by atoms with Gasteiger partial charge in [-0.25, -0.2) is 0 Å². The number of carbonyl (C=O) groups excluding carboxylic acids is 1. The molecule has 150 valence electrons. The van der Waals surface area contributed by atoms with E-state index in [1.807, 2.05) is 36.4 Å². The van der Waals surface area contributed by atoms with Gasteiger partial charge in [-0.1, -0.05) is 17.2 Å². The van der Waals surface area contributed by atoms with Crippen LogP contribution in [0.3, 0.4) is 0 Å². The maximum absolute atomic E-state index is 12.5. The fourth-order valence-corrected chi connectivity index (χ4v) is 3.14. The van der Waals surface area contributed by atoms with E-state index in [9.17, 15) is 4.79 Å². The summed E-state index contributed by atoms with van der Waals surface area (Å²) in [4.78, 5) is 14.7. The standard InChI is InChI=1S/C21H22N4O4/c1-3-25(4-2)15-11-9-14(10-12-15)19(26)22-21-24-23-20(29-21)18-13-27-16-7-5-6-8-17(16)28-18/h5-12,18H,3-4,13H2,1-2H3,(H,22,24,26)/t18-/m0/s1. The highest BCUT2D eigenvalue weighted by molar-refractivity contribution is 6.03. The first-order valence-electron chi connectivity index (χ1n) is 9.56. The number of rotatable bonds is 6. The highest BCUT2D eigenvalue weighted by atomic mass is 16.6. The Bertz CT molecular complexity index is 982. The van der Waals surface area contributed by atoms with Crippen molar-refractivity contribution in [2.24, 2.45) is 0 Å². The molecule has 0 spiro atoms. The third-order valence-electron chi connectivity index (χ3n) is 4.70. The van der Waals surface area contributed by atoms with Crippen molar-refractivity contribution in [3.05, 3.63) is 60.0 Å². The third kappa shape index (κ3) is 4.01. The Morgan fingerprint density at radius 3 is 2.52 bits per heavy atom. The molecule has 0 radical (unpaired) electrons. The number of amides is 1. The first-order chi connectivity index (χ1) is 14.2. The summed E-state index contributed by atoms with van der Waals surface area (Å²) in [5.74, 6) is 1.20. The highest BCUT2D eigenvalue weighted by Gasteiger charge is 2.27. The number of nitrogens with one attached hydrogen (secondary N) is 1. The van der Waals surface area contributed by atoms with E-state index in [1.165, 1.54) is 0 Å². The van der Waals surface area contributed by atoms with Gasteiger partial charge in [0.15, 0.2) is 11.5 Å². The molecule has 1 aliphatic rings. The topological polar surface area (TPSA) is 89.7 Å². The Hall–Kier alpha value is -3.55. The molecule has 1 atom stereocenters. The Morgan fingerprint density at radius 1 is 1.07 bits per heavy atom. The zero-order valence-electron chi connectivity index (χ0n) is 16.3. The second-order valence-electron chi connectivity index (χ2n) is 6.48. The number of nitrogens with zero attached hydrogens (tertiary/aromatic N) is 3. The van der Waals surface area contributed by atoms with Crippen LogP contribution in [-0.4, -0.2) is 35.8 Å². The molecule has 1 aliphatic heterocycles. The SMILES string of the molecule is CCN(CC)c1ccc(C(=O)Nc2nnc([C@@H]3COc4ccccc4O3)o2)cc1. The first-order valence-corrected chi connectivity index (χ1v) is 9.56. The lowest BCUT2D eigenvalue weighted by atomic mass is 10.2. The number of hydrogen-bond donors (Lipinski definition) is 1. The second kappa shape index (κ2) is 8.22. The van der Waals surface area contributed by atoms with Crippen molar-refractivity contribution in [2.75, 3.05) is 29.9 Å². The second-order valence-corrected chi connectivity index (χ2v) is 6.48. The van der Waals surface area contributed by atoms with Crippen molar-refractivity contribution in [1.29, 1.82) is 0 Å². The predicted octanol–water partition coefficient (Wildman–Crippen LogP) is 3.68. The maximum atomic E-state index is 12.5. The molecule has 8 heteroatoms. The number of aromatic nitrogens is 2. The van der Waals surface area contributed by atoms with Crippen LogP contribution in [0.1, 0.15) is 36.2 Å². The van der Waals surface area contributed by atoms with Crippen molar-refractivity contribution in [1.82, 2.24) is 10.2 Å². The van der Waals surface area contributed by atoms with Gasteiger partial charge >= 0.3 is 6.01 Å². The summed E-state index contributed by atoms with van der Waals surface area (Å²) in [6.07, 6.45) is -0.531. The fourth-order valence-electron chi connectivity index (χ4n) is 3.14. The zero-order chi connectivity index (χ0) is 20.2. The molecule has 0 unspecified atom stereocenters. The highest BCUT2D eigenvalue weighted by Crippen LogP contribution is 2.35. The van der Waals surface area contributed by atoms with Crippen LogP contribution in [0.2, 0.25) is 0 Å². The summed E-state index contributed by atoms with van der Waals surface area (Å²) in [6, 6.07) is 14.8. The van der Waals surface area contributed by atoms with Gasteiger partial charge in [0.1, 0.15) is 6.61 Å². The Kier molecular flexibility index (Phi) is 5.33. The smallest absolute Gasteiger partial charge is 0.322 e. The third-order valence-corrected chi connectivity index (χ3v) is 4.70. The molecule has 4 rings (SSSR count). The summed E-state index contributed by atoms with van der Waals surface area (Å²) in [5, 5.41) is 10.5. The largest absolute Gasteiger partial charge is 0.485 e. The lowest BCUT2D eigenvalue weighted by Gasteiger charge is -2.23. The van der Waals surface area contributed by atoms with Gasteiger partial charge in [0.05, 0.1) is 0 Å². The molecule has 8 nitrogen and oxygen atoms in total. The monoisotopic (exact) mass is 394 g/mol. The molecule has 1 aromatic heterocycles. The summed E-state index contributed by atoms with van der Waals surface area (Å²) >= 11 is 0. The number of ether oxygens (including phenoxy) is 2.